The van der Waals surface area contributed by atoms with Crippen LogP contribution in [0.25, 0.3) is 0 Å². The van der Waals surface area contributed by atoms with Gasteiger partial charge in [0.15, 0.2) is 0 Å². The first kappa shape index (κ1) is 24.7. The first-order valence-electron chi connectivity index (χ1n) is 9.05. The molecule has 0 heterocycles. The van der Waals surface area contributed by atoms with Gasteiger partial charge in [-0.15, -0.1) is 0 Å². The summed E-state index contributed by atoms with van der Waals surface area (Å²) in [5.41, 5.74) is 1.10. The van der Waals surface area contributed by atoms with Crippen molar-refractivity contribution >= 4 is 12.1 Å². The molecule has 0 saturated carbocycles. The van der Waals surface area contributed by atoms with Gasteiger partial charge in [-0.1, -0.05) is 30.9 Å². The molecule has 6 heteroatoms. The summed E-state index contributed by atoms with van der Waals surface area (Å²) in [6.45, 7) is 15.5. The number of allylic oxidation sites excluding steroid dienone is 4. The third-order valence-corrected chi connectivity index (χ3v) is 4.37. The minimum atomic E-state index is -0.209. The summed E-state index contributed by atoms with van der Waals surface area (Å²) < 4.78 is 5.14. The second-order valence-electron chi connectivity index (χ2n) is 6.59. The van der Waals surface area contributed by atoms with E-state index < -0.39 is 0 Å². The number of ether oxygens (including phenoxy) is 1. The number of aliphatic imine (C=N–C) groups is 1. The lowest BCUT2D eigenvalue weighted by Gasteiger charge is -2.30. The van der Waals surface area contributed by atoms with Gasteiger partial charge in [0, 0.05) is 33.7 Å². The first-order valence-corrected chi connectivity index (χ1v) is 9.05. The standard InChI is InChI=1S/C21H36N4O2/c1-10-12-17(3)16-25(8)21(26)18(4)23(6)13-14-24(7)19(5)22-15-20(11-2)27-9/h10-12,15,18H,1,5,13-14,16H2,2-4,6-9H3/b17-12+,20-11+,22-15?. The van der Waals surface area contributed by atoms with Crippen molar-refractivity contribution in [3.05, 3.63) is 48.5 Å². The number of methoxy groups -OCH3 is 1. The lowest BCUT2D eigenvalue weighted by atomic mass is 10.2. The van der Waals surface area contributed by atoms with E-state index in [2.05, 4.69) is 18.2 Å². The van der Waals surface area contributed by atoms with Crippen LogP contribution in [0.4, 0.5) is 0 Å². The Kier molecular flexibility index (Phi) is 11.8. The van der Waals surface area contributed by atoms with Crippen molar-refractivity contribution in [1.29, 1.82) is 0 Å². The van der Waals surface area contributed by atoms with Gasteiger partial charge in [0.1, 0.15) is 11.6 Å². The molecule has 0 saturated heterocycles. The van der Waals surface area contributed by atoms with Crippen molar-refractivity contribution in [2.24, 2.45) is 4.99 Å². The summed E-state index contributed by atoms with van der Waals surface area (Å²) in [4.78, 5) is 22.6. The van der Waals surface area contributed by atoms with Gasteiger partial charge in [-0.25, -0.2) is 4.99 Å². The van der Waals surface area contributed by atoms with Gasteiger partial charge < -0.3 is 14.5 Å². The van der Waals surface area contributed by atoms with E-state index in [0.717, 1.165) is 5.57 Å². The van der Waals surface area contributed by atoms with Crippen LogP contribution in [0.15, 0.2) is 53.5 Å². The largest absolute Gasteiger partial charge is 0.495 e. The molecule has 1 unspecified atom stereocenters. The summed E-state index contributed by atoms with van der Waals surface area (Å²) >= 11 is 0. The summed E-state index contributed by atoms with van der Waals surface area (Å²) in [5, 5.41) is 0. The fraction of sp³-hybridized carbons (Fsp3) is 0.524. The van der Waals surface area contributed by atoms with Crippen LogP contribution in [0.2, 0.25) is 0 Å². The smallest absolute Gasteiger partial charge is 0.239 e. The maximum absolute atomic E-state index is 12.6. The SMILES string of the molecule is C=C/C=C(\C)CN(C)C(=O)C(C)N(C)CCN(C)C(=C)N=C/C(=C\C)OC. The molecule has 0 radical (unpaired) electrons. The van der Waals surface area contributed by atoms with E-state index in [-0.39, 0.29) is 11.9 Å². The number of likely N-dealkylation sites (N-methyl/N-ethyl adjacent to an activating group) is 3. The van der Waals surface area contributed by atoms with Gasteiger partial charge in [-0.2, -0.15) is 0 Å². The highest BCUT2D eigenvalue weighted by molar-refractivity contribution is 5.81. The van der Waals surface area contributed by atoms with Gasteiger partial charge >= 0.3 is 0 Å². The van der Waals surface area contributed by atoms with E-state index in [1.807, 2.05) is 63.9 Å². The molecule has 0 aliphatic carbocycles. The monoisotopic (exact) mass is 376 g/mol. The van der Waals surface area contributed by atoms with E-state index in [1.54, 1.807) is 24.3 Å². The van der Waals surface area contributed by atoms with E-state index in [4.69, 9.17) is 4.74 Å². The van der Waals surface area contributed by atoms with Crippen LogP contribution in [-0.4, -0.2) is 80.8 Å². The number of hydrogen-bond acceptors (Lipinski definition) is 5. The van der Waals surface area contributed by atoms with Crippen LogP contribution in [0, 0.1) is 0 Å². The van der Waals surface area contributed by atoms with Crippen LogP contribution >= 0.6 is 0 Å². The number of nitrogens with zero attached hydrogens (tertiary/aromatic N) is 4. The zero-order valence-corrected chi connectivity index (χ0v) is 18.0. The van der Waals surface area contributed by atoms with Gasteiger partial charge in [-0.3, -0.25) is 9.69 Å². The normalized spacial score (nSPS) is 13.6. The van der Waals surface area contributed by atoms with Crippen molar-refractivity contribution < 1.29 is 9.53 Å². The third kappa shape index (κ3) is 9.24. The van der Waals surface area contributed by atoms with Crippen LogP contribution in [-0.2, 0) is 9.53 Å². The second kappa shape index (κ2) is 12.9. The van der Waals surface area contributed by atoms with Crippen molar-refractivity contribution in [2.75, 3.05) is 47.9 Å². The van der Waals surface area contributed by atoms with Crippen LogP contribution < -0.4 is 0 Å². The molecule has 1 amide bonds. The molecule has 0 spiro atoms. The zero-order valence-electron chi connectivity index (χ0n) is 18.0. The molecule has 0 aromatic rings. The Balaban J connectivity index is 4.60. The predicted octanol–water partition coefficient (Wildman–Crippen LogP) is 2.92. The van der Waals surface area contributed by atoms with Crippen LogP contribution in [0.3, 0.4) is 0 Å². The van der Waals surface area contributed by atoms with Crippen molar-refractivity contribution in [2.45, 2.75) is 26.8 Å². The maximum Gasteiger partial charge on any atom is 0.239 e. The van der Waals surface area contributed by atoms with Gasteiger partial charge in [-0.05, 0) is 33.9 Å². The van der Waals surface area contributed by atoms with Crippen molar-refractivity contribution in [3.63, 3.8) is 0 Å². The summed E-state index contributed by atoms with van der Waals surface area (Å²) in [5.74, 6) is 1.41. The van der Waals surface area contributed by atoms with E-state index in [0.29, 0.717) is 31.2 Å². The Labute approximate surface area is 165 Å². The molecule has 0 aromatic heterocycles. The Morgan fingerprint density at radius 1 is 1.22 bits per heavy atom. The molecule has 0 aliphatic rings. The topological polar surface area (TPSA) is 48.4 Å². The quantitative estimate of drug-likeness (QED) is 0.298. The number of carbonyl (C=O) groups excluding carboxylic acids is 1. The number of amides is 1. The minimum Gasteiger partial charge on any atom is -0.495 e. The van der Waals surface area contributed by atoms with Gasteiger partial charge in [0.25, 0.3) is 0 Å². The van der Waals surface area contributed by atoms with Crippen LogP contribution in [0.5, 0.6) is 0 Å². The highest BCUT2D eigenvalue weighted by atomic mass is 16.5. The summed E-state index contributed by atoms with van der Waals surface area (Å²) in [6, 6.07) is -0.209. The van der Waals surface area contributed by atoms with E-state index >= 15 is 0 Å². The fourth-order valence-corrected chi connectivity index (χ4v) is 2.33. The summed E-state index contributed by atoms with van der Waals surface area (Å²) in [7, 11) is 7.31. The fourth-order valence-electron chi connectivity index (χ4n) is 2.33. The number of rotatable bonds is 12. The molecule has 0 fully saturated rings. The first-order chi connectivity index (χ1) is 12.7. The van der Waals surface area contributed by atoms with E-state index in [9.17, 15) is 4.79 Å². The highest BCUT2D eigenvalue weighted by Gasteiger charge is 2.21. The molecule has 152 valence electrons. The van der Waals surface area contributed by atoms with Crippen molar-refractivity contribution in [3.8, 4) is 0 Å². The molecule has 27 heavy (non-hydrogen) atoms. The van der Waals surface area contributed by atoms with Gasteiger partial charge in [0.05, 0.1) is 19.4 Å². The van der Waals surface area contributed by atoms with E-state index in [1.165, 1.54) is 0 Å². The zero-order chi connectivity index (χ0) is 21.0. The van der Waals surface area contributed by atoms with Gasteiger partial charge in [0.2, 0.25) is 5.91 Å². The molecular formula is C21H36N4O2. The molecule has 6 nitrogen and oxygen atoms in total. The number of carbonyl (C=O) groups is 1. The Morgan fingerprint density at radius 2 is 1.85 bits per heavy atom. The number of hydrogen-bond donors (Lipinski definition) is 0. The van der Waals surface area contributed by atoms with Crippen molar-refractivity contribution in [1.82, 2.24) is 14.7 Å². The lowest BCUT2D eigenvalue weighted by Crippen LogP contribution is -2.46. The lowest BCUT2D eigenvalue weighted by molar-refractivity contribution is -0.134. The molecule has 0 aromatic carbocycles. The van der Waals surface area contributed by atoms with Crippen LogP contribution in [0.1, 0.15) is 20.8 Å². The molecule has 0 rings (SSSR count). The molecular weight excluding hydrogens is 340 g/mol. The molecule has 0 N–H and O–H groups in total. The third-order valence-electron chi connectivity index (χ3n) is 4.37. The Hall–Kier alpha value is -2.34. The molecule has 1 atom stereocenters. The maximum atomic E-state index is 12.6. The predicted molar refractivity (Wildman–Crippen MR) is 115 cm³/mol. The highest BCUT2D eigenvalue weighted by Crippen LogP contribution is 2.06. The average Bonchev–Trinajstić information content (AvgIpc) is 2.65. The average molecular weight is 377 g/mol. The summed E-state index contributed by atoms with van der Waals surface area (Å²) in [6.07, 6.45) is 7.13. The Morgan fingerprint density at radius 3 is 2.37 bits per heavy atom. The molecule has 0 bridgehead atoms. The molecule has 0 aliphatic heterocycles. The minimum absolute atomic E-state index is 0.0895. The Bertz CT molecular complexity index is 593. The second-order valence-corrected chi connectivity index (χ2v) is 6.59.